The molecule has 6 heteroatoms. The minimum absolute atomic E-state index is 0.357. The number of aliphatic hydroxyl groups is 1. The van der Waals surface area contributed by atoms with Gasteiger partial charge in [-0.05, 0) is 50.6 Å². The molecule has 3 aromatic rings. The van der Waals surface area contributed by atoms with Crippen molar-refractivity contribution in [1.82, 2.24) is 14.7 Å². The van der Waals surface area contributed by atoms with Crippen molar-refractivity contribution in [3.05, 3.63) is 71.9 Å². The van der Waals surface area contributed by atoms with Crippen LogP contribution < -0.4 is 4.74 Å². The summed E-state index contributed by atoms with van der Waals surface area (Å²) in [6.07, 6.45) is 2.57. The second-order valence-corrected chi connectivity index (χ2v) is 8.35. The Morgan fingerprint density at radius 2 is 1.70 bits per heavy atom. The molecule has 0 amide bonds. The monoisotopic (exact) mass is 451 g/mol. The fourth-order valence-electron chi connectivity index (χ4n) is 3.76. The zero-order valence-electron chi connectivity index (χ0n) is 20.1. The van der Waals surface area contributed by atoms with Gasteiger partial charge in [-0.15, -0.1) is 0 Å². The molecule has 3 rings (SSSR count). The number of hydrogen-bond acceptors (Lipinski definition) is 5. The zero-order valence-corrected chi connectivity index (χ0v) is 20.1. The maximum Gasteiger partial charge on any atom is 0.227 e. The Morgan fingerprint density at radius 3 is 2.36 bits per heavy atom. The summed E-state index contributed by atoms with van der Waals surface area (Å²) in [7, 11) is 0. The summed E-state index contributed by atoms with van der Waals surface area (Å²) in [6, 6.07) is 19.8. The van der Waals surface area contributed by atoms with E-state index in [1.807, 2.05) is 72.3 Å². The van der Waals surface area contributed by atoms with Gasteiger partial charge >= 0.3 is 0 Å². The molecule has 0 fully saturated rings. The lowest BCUT2D eigenvalue weighted by molar-refractivity contribution is 0.0143. The van der Waals surface area contributed by atoms with E-state index in [0.29, 0.717) is 32.2 Å². The first-order valence-corrected chi connectivity index (χ1v) is 12.0. The number of rotatable bonds is 14. The predicted molar refractivity (Wildman–Crippen MR) is 132 cm³/mol. The quantitative estimate of drug-likeness (QED) is 0.334. The highest BCUT2D eigenvalue weighted by molar-refractivity contribution is 5.43. The first-order valence-electron chi connectivity index (χ1n) is 12.0. The number of hydrogen-bond donors (Lipinski definition) is 1. The number of aryl methyl sites for hydroxylation is 1. The van der Waals surface area contributed by atoms with Crippen molar-refractivity contribution in [3.8, 4) is 17.3 Å². The molecule has 0 aliphatic heterocycles. The van der Waals surface area contributed by atoms with Crippen LogP contribution in [-0.2, 0) is 11.3 Å². The molecule has 6 nitrogen and oxygen atoms in total. The molecular formula is C27H37N3O3. The Hall–Kier alpha value is -2.67. The van der Waals surface area contributed by atoms with Crippen LogP contribution in [0.4, 0.5) is 0 Å². The molecule has 178 valence electrons. The largest absolute Gasteiger partial charge is 0.439 e. The summed E-state index contributed by atoms with van der Waals surface area (Å²) in [5.74, 6) is 1.47. The zero-order chi connectivity index (χ0) is 23.5. The van der Waals surface area contributed by atoms with Crippen molar-refractivity contribution < 1.29 is 14.6 Å². The van der Waals surface area contributed by atoms with E-state index in [1.54, 1.807) is 0 Å². The fourth-order valence-corrected chi connectivity index (χ4v) is 3.76. The molecule has 0 spiro atoms. The van der Waals surface area contributed by atoms with Crippen LogP contribution in [0.5, 0.6) is 11.6 Å². The smallest absolute Gasteiger partial charge is 0.227 e. The molecule has 0 radical (unpaired) electrons. The normalized spacial score (nSPS) is 12.3. The fraction of sp³-hybridized carbons (Fsp3) is 0.444. The molecule has 33 heavy (non-hydrogen) atoms. The minimum Gasteiger partial charge on any atom is -0.439 e. The van der Waals surface area contributed by atoms with Crippen LogP contribution in [0.1, 0.15) is 44.4 Å². The maximum absolute atomic E-state index is 10.6. The third-order valence-corrected chi connectivity index (χ3v) is 5.44. The van der Waals surface area contributed by atoms with E-state index in [-0.39, 0.29) is 0 Å². The first kappa shape index (κ1) is 25.0. The Balaban J connectivity index is 1.84. The average molecular weight is 452 g/mol. The van der Waals surface area contributed by atoms with Gasteiger partial charge in [0.1, 0.15) is 5.75 Å². The highest BCUT2D eigenvalue weighted by Crippen LogP contribution is 2.31. The lowest BCUT2D eigenvalue weighted by Crippen LogP contribution is -2.35. The minimum atomic E-state index is -0.531. The van der Waals surface area contributed by atoms with E-state index in [0.717, 1.165) is 48.5 Å². The second kappa shape index (κ2) is 13.1. The van der Waals surface area contributed by atoms with Crippen molar-refractivity contribution in [2.45, 2.75) is 52.7 Å². The Bertz CT molecular complexity index is 944. The first-order chi connectivity index (χ1) is 16.1. The van der Waals surface area contributed by atoms with E-state index in [2.05, 4.69) is 18.7 Å². The van der Waals surface area contributed by atoms with Crippen LogP contribution >= 0.6 is 0 Å². The molecule has 0 aliphatic carbocycles. The Kier molecular flexibility index (Phi) is 9.94. The number of ether oxygens (including phenoxy) is 2. The van der Waals surface area contributed by atoms with Crippen LogP contribution in [0, 0.1) is 6.92 Å². The van der Waals surface area contributed by atoms with Crippen molar-refractivity contribution >= 4 is 0 Å². The molecular weight excluding hydrogens is 414 g/mol. The van der Waals surface area contributed by atoms with Gasteiger partial charge in [0.25, 0.3) is 0 Å². The van der Waals surface area contributed by atoms with Crippen LogP contribution in [-0.4, -0.2) is 52.2 Å². The van der Waals surface area contributed by atoms with E-state index >= 15 is 0 Å². The van der Waals surface area contributed by atoms with Gasteiger partial charge in [0.15, 0.2) is 0 Å². The molecule has 1 aromatic heterocycles. The number of benzene rings is 2. The van der Waals surface area contributed by atoms with E-state index in [9.17, 15) is 5.11 Å². The SMILES string of the molecule is CCCCOC[C@@H](O)CN(CCC)Cc1c(C)nn(-c2ccccc2)c1Oc1ccccc1. The van der Waals surface area contributed by atoms with Crippen LogP contribution in [0.25, 0.3) is 5.69 Å². The van der Waals surface area contributed by atoms with E-state index < -0.39 is 6.10 Å². The van der Waals surface area contributed by atoms with Gasteiger partial charge in [0.2, 0.25) is 5.88 Å². The lowest BCUT2D eigenvalue weighted by Gasteiger charge is -2.25. The van der Waals surface area contributed by atoms with Crippen LogP contribution in [0.3, 0.4) is 0 Å². The highest BCUT2D eigenvalue weighted by atomic mass is 16.5. The third kappa shape index (κ3) is 7.42. The van der Waals surface area contributed by atoms with Gasteiger partial charge in [-0.3, -0.25) is 4.90 Å². The Labute approximate surface area is 197 Å². The van der Waals surface area contributed by atoms with Gasteiger partial charge < -0.3 is 14.6 Å². The van der Waals surface area contributed by atoms with Gasteiger partial charge in [-0.2, -0.15) is 5.10 Å². The topological polar surface area (TPSA) is 59.8 Å². The summed E-state index contributed by atoms with van der Waals surface area (Å²) in [5.41, 5.74) is 2.89. The summed E-state index contributed by atoms with van der Waals surface area (Å²) in [5, 5.41) is 15.4. The predicted octanol–water partition coefficient (Wildman–Crippen LogP) is 5.36. The molecule has 0 aliphatic rings. The van der Waals surface area contributed by atoms with Crippen molar-refractivity contribution in [3.63, 3.8) is 0 Å². The molecule has 0 saturated heterocycles. The molecule has 0 bridgehead atoms. The number of unbranched alkanes of at least 4 members (excludes halogenated alkanes) is 1. The molecule has 1 N–H and O–H groups in total. The second-order valence-electron chi connectivity index (χ2n) is 8.35. The highest BCUT2D eigenvalue weighted by Gasteiger charge is 2.22. The van der Waals surface area contributed by atoms with Crippen molar-refractivity contribution in [1.29, 1.82) is 0 Å². The van der Waals surface area contributed by atoms with E-state index in [4.69, 9.17) is 14.6 Å². The number of aliphatic hydroxyl groups excluding tert-OH is 1. The van der Waals surface area contributed by atoms with Crippen LogP contribution in [0.2, 0.25) is 0 Å². The summed E-state index contributed by atoms with van der Waals surface area (Å²) >= 11 is 0. The standard InChI is InChI=1S/C27H37N3O3/c1-4-6-18-32-21-24(31)19-29(17-5-2)20-26-22(3)28-30(23-13-9-7-10-14-23)27(26)33-25-15-11-8-12-16-25/h7-16,24,31H,4-6,17-21H2,1-3H3/t24-/m0/s1. The molecule has 1 atom stereocenters. The van der Waals surface area contributed by atoms with Gasteiger partial charge in [-0.1, -0.05) is 56.7 Å². The molecule has 1 heterocycles. The summed E-state index contributed by atoms with van der Waals surface area (Å²) in [4.78, 5) is 2.26. The number of para-hydroxylation sites is 2. The summed E-state index contributed by atoms with van der Waals surface area (Å²) in [6.45, 7) is 9.40. The molecule has 0 unspecified atom stereocenters. The van der Waals surface area contributed by atoms with Gasteiger partial charge in [-0.25, -0.2) is 4.68 Å². The molecule has 2 aromatic carbocycles. The Morgan fingerprint density at radius 1 is 1.00 bits per heavy atom. The van der Waals surface area contributed by atoms with Crippen molar-refractivity contribution in [2.75, 3.05) is 26.3 Å². The number of aromatic nitrogens is 2. The average Bonchev–Trinajstić information content (AvgIpc) is 3.13. The van der Waals surface area contributed by atoms with Crippen LogP contribution in [0.15, 0.2) is 60.7 Å². The third-order valence-electron chi connectivity index (χ3n) is 5.44. The number of nitrogens with zero attached hydrogens (tertiary/aromatic N) is 3. The molecule has 0 saturated carbocycles. The lowest BCUT2D eigenvalue weighted by atomic mass is 10.2. The summed E-state index contributed by atoms with van der Waals surface area (Å²) < 4.78 is 13.9. The maximum atomic E-state index is 10.6. The van der Waals surface area contributed by atoms with Gasteiger partial charge in [0, 0.05) is 19.7 Å². The van der Waals surface area contributed by atoms with Crippen molar-refractivity contribution in [2.24, 2.45) is 0 Å². The van der Waals surface area contributed by atoms with E-state index in [1.165, 1.54) is 0 Å². The van der Waals surface area contributed by atoms with Gasteiger partial charge in [0.05, 0.1) is 29.7 Å².